The molecule has 0 aromatic heterocycles. The van der Waals surface area contributed by atoms with Gasteiger partial charge in [-0.1, -0.05) is 11.6 Å². The van der Waals surface area contributed by atoms with E-state index in [-0.39, 0.29) is 6.04 Å². The number of ether oxygens (including phenoxy) is 1. The minimum Gasteiger partial charge on any atom is -0.489 e. The normalized spacial score (nSPS) is 17.3. The van der Waals surface area contributed by atoms with Crippen molar-refractivity contribution in [1.29, 1.82) is 0 Å². The third-order valence-corrected chi connectivity index (χ3v) is 3.20. The standard InChI is InChI=1S/C14H10ClF2NO/c15-9-1-2-14-12(5-9)18-13(7-19-14)8-3-10(16)6-11(17)4-8/h1-6,13,18H,7H2. The predicted octanol–water partition coefficient (Wildman–Crippen LogP) is 4.16. The summed E-state index contributed by atoms with van der Waals surface area (Å²) >= 11 is 5.91. The Kier molecular flexibility index (Phi) is 3.03. The molecule has 0 saturated carbocycles. The SMILES string of the molecule is Fc1cc(F)cc(C2COc3ccc(Cl)cc3N2)c1. The third-order valence-electron chi connectivity index (χ3n) is 2.96. The number of anilines is 1. The summed E-state index contributed by atoms with van der Waals surface area (Å²) in [5.74, 6) is -0.528. The molecule has 1 unspecified atom stereocenters. The molecule has 0 amide bonds. The van der Waals surface area contributed by atoms with E-state index in [0.29, 0.717) is 28.6 Å². The lowest BCUT2D eigenvalue weighted by Gasteiger charge is -2.28. The lowest BCUT2D eigenvalue weighted by molar-refractivity contribution is 0.286. The molecule has 0 radical (unpaired) electrons. The first-order valence-corrected chi connectivity index (χ1v) is 6.14. The highest BCUT2D eigenvalue weighted by Gasteiger charge is 2.21. The Morgan fingerprint density at radius 1 is 1.11 bits per heavy atom. The average molecular weight is 282 g/mol. The zero-order valence-corrected chi connectivity index (χ0v) is 10.5. The van der Waals surface area contributed by atoms with Gasteiger partial charge in [0, 0.05) is 11.1 Å². The van der Waals surface area contributed by atoms with Gasteiger partial charge in [0.05, 0.1) is 11.7 Å². The van der Waals surface area contributed by atoms with E-state index in [4.69, 9.17) is 16.3 Å². The van der Waals surface area contributed by atoms with Gasteiger partial charge in [-0.25, -0.2) is 8.78 Å². The Balaban J connectivity index is 1.92. The van der Waals surface area contributed by atoms with E-state index in [1.54, 1.807) is 18.2 Å². The summed E-state index contributed by atoms with van der Waals surface area (Å²) in [5, 5.41) is 3.74. The monoisotopic (exact) mass is 281 g/mol. The second-order valence-electron chi connectivity index (χ2n) is 4.35. The van der Waals surface area contributed by atoms with Gasteiger partial charge in [-0.05, 0) is 35.9 Å². The van der Waals surface area contributed by atoms with E-state index in [0.717, 1.165) is 6.07 Å². The van der Waals surface area contributed by atoms with E-state index in [1.165, 1.54) is 12.1 Å². The molecule has 0 fully saturated rings. The minimum absolute atomic E-state index is 0.303. The summed E-state index contributed by atoms with van der Waals surface area (Å²) in [6, 6.07) is 8.32. The summed E-state index contributed by atoms with van der Waals surface area (Å²) < 4.78 is 32.0. The maximum atomic E-state index is 13.2. The van der Waals surface area contributed by atoms with Crippen molar-refractivity contribution in [3.8, 4) is 5.75 Å². The summed E-state index contributed by atoms with van der Waals surface area (Å²) in [4.78, 5) is 0. The number of rotatable bonds is 1. The number of hydrogen-bond acceptors (Lipinski definition) is 2. The van der Waals surface area contributed by atoms with Crippen molar-refractivity contribution in [2.75, 3.05) is 11.9 Å². The predicted molar refractivity (Wildman–Crippen MR) is 69.7 cm³/mol. The largest absolute Gasteiger partial charge is 0.489 e. The Hall–Kier alpha value is -1.81. The summed E-state index contributed by atoms with van der Waals surface area (Å²) in [5.41, 5.74) is 1.22. The Bertz CT molecular complexity index is 613. The van der Waals surface area contributed by atoms with E-state index in [1.807, 2.05) is 0 Å². The first-order chi connectivity index (χ1) is 9.11. The van der Waals surface area contributed by atoms with Crippen LogP contribution in [-0.4, -0.2) is 6.61 Å². The third kappa shape index (κ3) is 2.49. The van der Waals surface area contributed by atoms with Gasteiger partial charge in [-0.15, -0.1) is 0 Å². The molecule has 2 aromatic rings. The molecular weight excluding hydrogens is 272 g/mol. The van der Waals surface area contributed by atoms with Crippen molar-refractivity contribution in [2.24, 2.45) is 0 Å². The molecule has 0 saturated heterocycles. The number of fused-ring (bicyclic) bond motifs is 1. The fraction of sp³-hybridized carbons (Fsp3) is 0.143. The highest BCUT2D eigenvalue weighted by atomic mass is 35.5. The lowest BCUT2D eigenvalue weighted by Crippen LogP contribution is -2.24. The highest BCUT2D eigenvalue weighted by molar-refractivity contribution is 6.30. The van der Waals surface area contributed by atoms with Crippen LogP contribution in [0.15, 0.2) is 36.4 Å². The molecule has 2 aromatic carbocycles. The van der Waals surface area contributed by atoms with Crippen LogP contribution in [0.3, 0.4) is 0 Å². The van der Waals surface area contributed by atoms with Gasteiger partial charge >= 0.3 is 0 Å². The Morgan fingerprint density at radius 3 is 2.58 bits per heavy atom. The molecule has 0 aliphatic carbocycles. The van der Waals surface area contributed by atoms with Crippen molar-refractivity contribution in [1.82, 2.24) is 0 Å². The number of nitrogens with one attached hydrogen (secondary N) is 1. The molecular formula is C14H10ClF2NO. The van der Waals surface area contributed by atoms with Gasteiger partial charge in [-0.3, -0.25) is 0 Å². The van der Waals surface area contributed by atoms with Gasteiger partial charge in [-0.2, -0.15) is 0 Å². The first-order valence-electron chi connectivity index (χ1n) is 5.77. The number of benzene rings is 2. The number of halogens is 3. The van der Waals surface area contributed by atoms with E-state index >= 15 is 0 Å². The van der Waals surface area contributed by atoms with Gasteiger partial charge < -0.3 is 10.1 Å². The van der Waals surface area contributed by atoms with Crippen LogP contribution in [0.4, 0.5) is 14.5 Å². The molecule has 2 nitrogen and oxygen atoms in total. The smallest absolute Gasteiger partial charge is 0.142 e. The Morgan fingerprint density at radius 2 is 1.84 bits per heavy atom. The Labute approximate surface area is 114 Å². The molecule has 0 spiro atoms. The summed E-state index contributed by atoms with van der Waals surface area (Å²) in [7, 11) is 0. The molecule has 1 heterocycles. The van der Waals surface area contributed by atoms with Crippen LogP contribution in [0.2, 0.25) is 5.02 Å². The summed E-state index contributed by atoms with van der Waals surface area (Å²) in [6.07, 6.45) is 0. The molecule has 3 rings (SSSR count). The second-order valence-corrected chi connectivity index (χ2v) is 4.79. The van der Waals surface area contributed by atoms with Crippen LogP contribution in [0.5, 0.6) is 5.75 Å². The fourth-order valence-corrected chi connectivity index (χ4v) is 2.27. The fourth-order valence-electron chi connectivity index (χ4n) is 2.10. The topological polar surface area (TPSA) is 21.3 Å². The van der Waals surface area contributed by atoms with Gasteiger partial charge in [0.1, 0.15) is 24.0 Å². The second kappa shape index (κ2) is 4.70. The molecule has 1 N–H and O–H groups in total. The molecule has 1 aliphatic rings. The molecule has 1 aliphatic heterocycles. The quantitative estimate of drug-likeness (QED) is 0.847. The molecule has 0 bridgehead atoms. The molecule has 1 atom stereocenters. The van der Waals surface area contributed by atoms with Crippen LogP contribution in [0.1, 0.15) is 11.6 Å². The molecule has 19 heavy (non-hydrogen) atoms. The lowest BCUT2D eigenvalue weighted by atomic mass is 10.1. The zero-order valence-electron chi connectivity index (χ0n) is 9.79. The number of hydrogen-bond donors (Lipinski definition) is 1. The van der Waals surface area contributed by atoms with E-state index in [2.05, 4.69) is 5.32 Å². The van der Waals surface area contributed by atoms with Crippen LogP contribution in [0, 0.1) is 11.6 Å². The molecule has 5 heteroatoms. The minimum atomic E-state index is -0.603. The van der Waals surface area contributed by atoms with Crippen molar-refractivity contribution >= 4 is 17.3 Å². The maximum Gasteiger partial charge on any atom is 0.142 e. The van der Waals surface area contributed by atoms with Crippen LogP contribution in [-0.2, 0) is 0 Å². The van der Waals surface area contributed by atoms with Crippen LogP contribution < -0.4 is 10.1 Å². The highest BCUT2D eigenvalue weighted by Crippen LogP contribution is 2.35. The van der Waals surface area contributed by atoms with Gasteiger partial charge in [0.25, 0.3) is 0 Å². The van der Waals surface area contributed by atoms with E-state index in [9.17, 15) is 8.78 Å². The van der Waals surface area contributed by atoms with Crippen molar-refractivity contribution < 1.29 is 13.5 Å². The van der Waals surface area contributed by atoms with Crippen LogP contribution in [0.25, 0.3) is 0 Å². The first kappa shape index (κ1) is 12.2. The van der Waals surface area contributed by atoms with Gasteiger partial charge in [0.2, 0.25) is 0 Å². The van der Waals surface area contributed by atoms with Crippen molar-refractivity contribution in [3.05, 3.63) is 58.6 Å². The average Bonchev–Trinajstić information content (AvgIpc) is 2.36. The molecule has 98 valence electrons. The van der Waals surface area contributed by atoms with E-state index < -0.39 is 11.6 Å². The van der Waals surface area contributed by atoms with Crippen LogP contribution >= 0.6 is 11.6 Å². The van der Waals surface area contributed by atoms with Crippen molar-refractivity contribution in [2.45, 2.75) is 6.04 Å². The van der Waals surface area contributed by atoms with Crippen molar-refractivity contribution in [3.63, 3.8) is 0 Å². The summed E-state index contributed by atoms with van der Waals surface area (Å²) in [6.45, 7) is 0.303. The van der Waals surface area contributed by atoms with Gasteiger partial charge in [0.15, 0.2) is 0 Å². The maximum absolute atomic E-state index is 13.2. The zero-order chi connectivity index (χ0) is 13.4.